The number of halogens is 1. The van der Waals surface area contributed by atoms with Crippen molar-refractivity contribution in [3.8, 4) is 5.75 Å². The molecule has 1 aliphatic rings. The van der Waals surface area contributed by atoms with E-state index in [0.29, 0.717) is 36.0 Å². The first-order valence-electron chi connectivity index (χ1n) is 12.6. The van der Waals surface area contributed by atoms with Crippen LogP contribution in [0.4, 0.5) is 15.8 Å². The fraction of sp³-hybridized carbons (Fsp3) is 0.276. The van der Waals surface area contributed by atoms with Crippen molar-refractivity contribution in [1.29, 1.82) is 0 Å². The average molecular weight is 533 g/mol. The van der Waals surface area contributed by atoms with Gasteiger partial charge in [-0.3, -0.25) is 4.79 Å². The van der Waals surface area contributed by atoms with Gasteiger partial charge in [-0.05, 0) is 67.3 Å². The number of alkyl halides is 1. The molecule has 0 saturated carbocycles. The highest BCUT2D eigenvalue weighted by atomic mass is 19.1. The third-order valence-corrected chi connectivity index (χ3v) is 6.96. The van der Waals surface area contributed by atoms with Crippen molar-refractivity contribution in [1.82, 2.24) is 9.88 Å². The summed E-state index contributed by atoms with van der Waals surface area (Å²) in [6, 6.07) is 15.8. The number of Topliss-reactive ketones (excluding diaryl/α,β-unsaturated/α-hetero) is 1. The molecule has 0 aliphatic carbocycles. The Morgan fingerprint density at radius 3 is 2.77 bits per heavy atom. The van der Waals surface area contributed by atoms with E-state index in [4.69, 9.17) is 19.6 Å². The summed E-state index contributed by atoms with van der Waals surface area (Å²) < 4.78 is 31.3. The number of fused-ring (bicyclic) bond motifs is 1. The Morgan fingerprint density at radius 1 is 1.18 bits per heavy atom. The van der Waals surface area contributed by atoms with Crippen LogP contribution < -0.4 is 15.8 Å². The lowest BCUT2D eigenvalue weighted by atomic mass is 9.95. The Balaban J connectivity index is 1.40. The molecule has 0 spiro atoms. The minimum atomic E-state index is -1.93. The maximum Gasteiger partial charge on any atom is 0.337 e. The summed E-state index contributed by atoms with van der Waals surface area (Å²) in [5.41, 5.74) is 9.99. The van der Waals surface area contributed by atoms with Crippen LogP contribution in [-0.4, -0.2) is 47.8 Å². The van der Waals surface area contributed by atoms with Gasteiger partial charge in [0.15, 0.2) is 17.8 Å². The van der Waals surface area contributed by atoms with E-state index in [1.807, 2.05) is 37.3 Å². The van der Waals surface area contributed by atoms with Gasteiger partial charge in [-0.1, -0.05) is 24.3 Å². The van der Waals surface area contributed by atoms with Crippen LogP contribution in [0.5, 0.6) is 5.75 Å². The molecule has 39 heavy (non-hydrogen) atoms. The number of para-hydroxylation sites is 1. The Kier molecular flexibility index (Phi) is 7.47. The Bertz CT molecular complexity index is 1510. The quantitative estimate of drug-likeness (QED) is 0.174. The number of ketones is 1. The van der Waals surface area contributed by atoms with Gasteiger partial charge in [0.05, 0.1) is 24.4 Å². The molecule has 202 valence electrons. The van der Waals surface area contributed by atoms with Gasteiger partial charge in [0, 0.05) is 12.2 Å². The molecule has 4 aromatic rings. The van der Waals surface area contributed by atoms with E-state index in [1.165, 1.54) is 36.6 Å². The van der Waals surface area contributed by atoms with E-state index in [0.717, 1.165) is 11.3 Å². The number of ether oxygens (including phenoxy) is 2. The third kappa shape index (κ3) is 5.42. The molecule has 3 N–H and O–H groups in total. The summed E-state index contributed by atoms with van der Waals surface area (Å²) in [5.74, 6) is -0.695. The fourth-order valence-corrected chi connectivity index (χ4v) is 4.86. The van der Waals surface area contributed by atoms with Crippen LogP contribution in [0.2, 0.25) is 0 Å². The predicted octanol–water partition coefficient (Wildman–Crippen LogP) is 5.02. The largest absolute Gasteiger partial charge is 0.465 e. The number of aromatic nitrogens is 1. The number of nitrogens with one attached hydrogen (secondary N) is 1. The third-order valence-electron chi connectivity index (χ3n) is 6.96. The molecule has 0 amide bonds. The zero-order chi connectivity index (χ0) is 27.5. The number of anilines is 2. The molecule has 2 heterocycles. The predicted molar refractivity (Wildman–Crippen MR) is 144 cm³/mol. The first-order chi connectivity index (χ1) is 18.9. The highest BCUT2D eigenvalue weighted by Gasteiger charge is 2.40. The average Bonchev–Trinajstić information content (AvgIpc) is 3.62. The lowest BCUT2D eigenvalue weighted by Gasteiger charge is -2.30. The first-order valence-corrected chi connectivity index (χ1v) is 12.6. The summed E-state index contributed by atoms with van der Waals surface area (Å²) in [6.07, 6.45) is 2.44. The highest BCUT2D eigenvalue weighted by Crippen LogP contribution is 2.33. The molecule has 3 atom stereocenters. The van der Waals surface area contributed by atoms with Crippen LogP contribution in [-0.2, 0) is 9.53 Å². The standard InChI is InChI=1S/C29H29FN4O5/c1-17-6-3-4-7-21(17)33-26(18-9-11-22-25(15-18)38-16-32-22)27(35)23-8-5-13-34(23)29(30)39-24-12-10-19(14-20(24)31)28(36)37-2/h3-4,6-7,9-12,14-16,23,26,29,33H,5,8,13,31H2,1-2H3/t23-,26-,29-/m0/s1. The number of oxazole rings is 1. The van der Waals surface area contributed by atoms with Gasteiger partial charge in [0.2, 0.25) is 0 Å². The fourth-order valence-electron chi connectivity index (χ4n) is 4.86. The van der Waals surface area contributed by atoms with Crippen LogP contribution in [0.25, 0.3) is 11.1 Å². The molecular weight excluding hydrogens is 503 g/mol. The van der Waals surface area contributed by atoms with Crippen molar-refractivity contribution < 1.29 is 27.9 Å². The van der Waals surface area contributed by atoms with Gasteiger partial charge in [0.25, 0.3) is 6.48 Å². The molecule has 1 saturated heterocycles. The molecule has 1 aromatic heterocycles. The summed E-state index contributed by atoms with van der Waals surface area (Å²) in [4.78, 5) is 31.4. The Morgan fingerprint density at radius 2 is 2.00 bits per heavy atom. The number of esters is 1. The second kappa shape index (κ2) is 11.1. The number of nitrogen functional groups attached to an aromatic ring is 1. The number of methoxy groups -OCH3 is 1. The van der Waals surface area contributed by atoms with Crippen LogP contribution in [0.1, 0.15) is 40.4 Å². The van der Waals surface area contributed by atoms with Crippen molar-refractivity contribution in [2.45, 2.75) is 38.3 Å². The number of carbonyl (C=O) groups excluding carboxylic acids is 2. The summed E-state index contributed by atoms with van der Waals surface area (Å²) in [5, 5.41) is 3.37. The van der Waals surface area contributed by atoms with Gasteiger partial charge in [0.1, 0.15) is 17.3 Å². The number of likely N-dealkylation sites (tertiary alicyclic amines) is 1. The van der Waals surface area contributed by atoms with Crippen molar-refractivity contribution in [3.63, 3.8) is 0 Å². The van der Waals surface area contributed by atoms with Gasteiger partial charge in [-0.25, -0.2) is 14.7 Å². The van der Waals surface area contributed by atoms with E-state index in [2.05, 4.69) is 10.3 Å². The molecule has 1 aliphatic heterocycles. The number of nitrogens with zero attached hydrogens (tertiary/aromatic N) is 2. The summed E-state index contributed by atoms with van der Waals surface area (Å²) in [6.45, 7) is 0.353. The maximum atomic E-state index is 15.6. The molecule has 0 unspecified atom stereocenters. The number of hydrogen-bond acceptors (Lipinski definition) is 9. The van der Waals surface area contributed by atoms with Crippen molar-refractivity contribution in [3.05, 3.63) is 83.7 Å². The smallest absolute Gasteiger partial charge is 0.337 e. The highest BCUT2D eigenvalue weighted by molar-refractivity contribution is 5.93. The van der Waals surface area contributed by atoms with Gasteiger partial charge in [-0.15, -0.1) is 0 Å². The molecule has 10 heteroatoms. The second-order valence-corrected chi connectivity index (χ2v) is 9.42. The van der Waals surface area contributed by atoms with Crippen molar-refractivity contribution in [2.75, 3.05) is 24.7 Å². The van der Waals surface area contributed by atoms with Crippen LogP contribution in [0.15, 0.2) is 71.5 Å². The normalized spacial score (nSPS) is 17.1. The molecular formula is C29H29FN4O5. The monoisotopic (exact) mass is 532 g/mol. The number of carbonyl (C=O) groups is 2. The van der Waals surface area contributed by atoms with E-state index in [-0.39, 0.29) is 22.8 Å². The van der Waals surface area contributed by atoms with Gasteiger partial charge < -0.3 is 24.9 Å². The van der Waals surface area contributed by atoms with Gasteiger partial charge >= 0.3 is 5.97 Å². The minimum absolute atomic E-state index is 0.0682. The zero-order valence-electron chi connectivity index (χ0n) is 21.6. The van der Waals surface area contributed by atoms with Crippen LogP contribution in [0, 0.1) is 6.92 Å². The molecule has 0 bridgehead atoms. The zero-order valence-corrected chi connectivity index (χ0v) is 21.6. The Hall–Kier alpha value is -4.44. The SMILES string of the molecule is COC(=O)c1ccc(O[C@@H](F)N2CCC[C@H]2C(=O)[C@@H](Nc2ccccc2C)c2ccc3ncoc3c2)c(N)c1. The number of nitrogens with two attached hydrogens (primary N) is 1. The molecule has 0 radical (unpaired) electrons. The number of aryl methyl sites for hydroxylation is 1. The molecule has 1 fully saturated rings. The van der Waals surface area contributed by atoms with E-state index < -0.39 is 24.5 Å². The molecule has 9 nitrogen and oxygen atoms in total. The molecule has 5 rings (SSSR count). The first kappa shape index (κ1) is 26.2. The van der Waals surface area contributed by atoms with Crippen molar-refractivity contribution >= 4 is 34.2 Å². The lowest BCUT2D eigenvalue weighted by molar-refractivity contribution is -0.134. The van der Waals surface area contributed by atoms with Crippen LogP contribution >= 0.6 is 0 Å². The van der Waals surface area contributed by atoms with E-state index in [9.17, 15) is 9.59 Å². The van der Waals surface area contributed by atoms with Gasteiger partial charge in [-0.2, -0.15) is 4.39 Å². The van der Waals surface area contributed by atoms with E-state index in [1.54, 1.807) is 12.1 Å². The Labute approximate surface area is 224 Å². The maximum absolute atomic E-state index is 15.6. The van der Waals surface area contributed by atoms with Crippen LogP contribution in [0.3, 0.4) is 0 Å². The van der Waals surface area contributed by atoms with E-state index >= 15 is 4.39 Å². The van der Waals surface area contributed by atoms with Crippen molar-refractivity contribution in [2.24, 2.45) is 0 Å². The summed E-state index contributed by atoms with van der Waals surface area (Å²) in [7, 11) is 1.26. The summed E-state index contributed by atoms with van der Waals surface area (Å²) >= 11 is 0. The number of benzene rings is 3. The lowest BCUT2D eigenvalue weighted by Crippen LogP contribution is -2.46. The minimum Gasteiger partial charge on any atom is -0.465 e. The second-order valence-electron chi connectivity index (χ2n) is 9.42. The topological polar surface area (TPSA) is 120 Å². The number of rotatable bonds is 9. The molecule has 3 aromatic carbocycles. The number of hydrogen-bond donors (Lipinski definition) is 2.